The average molecular weight is 379 g/mol. The maximum absolute atomic E-state index is 13.2. The zero-order valence-electron chi connectivity index (χ0n) is 10.5. The molecular weight excluding hydrogens is 367 g/mol. The SMILES string of the molecule is CNCc1ccc(S(=O)(=O)Nc2cc(F)ccc2Br)s1. The lowest BCUT2D eigenvalue weighted by molar-refractivity contribution is 0.603. The second-order valence-corrected chi connectivity index (χ2v) is 7.91. The molecule has 8 heteroatoms. The van der Waals surface area contributed by atoms with E-state index >= 15 is 0 Å². The molecule has 0 aliphatic carbocycles. The molecule has 1 aromatic carbocycles. The van der Waals surface area contributed by atoms with Crippen molar-refractivity contribution in [1.29, 1.82) is 0 Å². The maximum atomic E-state index is 13.2. The number of hydrogen-bond donors (Lipinski definition) is 2. The number of halogens is 2. The fourth-order valence-electron chi connectivity index (χ4n) is 1.54. The molecule has 0 aliphatic heterocycles. The predicted molar refractivity (Wildman–Crippen MR) is 82.0 cm³/mol. The number of anilines is 1. The monoisotopic (exact) mass is 378 g/mol. The molecule has 4 nitrogen and oxygen atoms in total. The highest BCUT2D eigenvalue weighted by atomic mass is 79.9. The summed E-state index contributed by atoms with van der Waals surface area (Å²) in [5, 5.41) is 2.95. The van der Waals surface area contributed by atoms with Gasteiger partial charge < -0.3 is 5.32 Å². The van der Waals surface area contributed by atoms with Crippen molar-refractivity contribution in [3.63, 3.8) is 0 Å². The van der Waals surface area contributed by atoms with Crippen molar-refractivity contribution < 1.29 is 12.8 Å². The van der Waals surface area contributed by atoms with E-state index in [0.29, 0.717) is 11.0 Å². The van der Waals surface area contributed by atoms with E-state index in [9.17, 15) is 12.8 Å². The van der Waals surface area contributed by atoms with Gasteiger partial charge in [-0.2, -0.15) is 0 Å². The Morgan fingerprint density at radius 3 is 2.75 bits per heavy atom. The van der Waals surface area contributed by atoms with Crippen LogP contribution in [0.15, 0.2) is 39.0 Å². The largest absolute Gasteiger partial charge is 0.315 e. The van der Waals surface area contributed by atoms with Gasteiger partial charge in [0.2, 0.25) is 0 Å². The second-order valence-electron chi connectivity index (χ2n) is 3.98. The molecule has 2 rings (SSSR count). The van der Waals surface area contributed by atoms with E-state index in [1.165, 1.54) is 29.5 Å². The lowest BCUT2D eigenvalue weighted by atomic mass is 10.3. The summed E-state index contributed by atoms with van der Waals surface area (Å²) in [6.45, 7) is 0.601. The lowest BCUT2D eigenvalue weighted by Crippen LogP contribution is -2.12. The Balaban J connectivity index is 2.28. The second kappa shape index (κ2) is 6.21. The normalized spacial score (nSPS) is 11.6. The van der Waals surface area contributed by atoms with E-state index in [2.05, 4.69) is 26.0 Å². The van der Waals surface area contributed by atoms with Crippen LogP contribution in [0.5, 0.6) is 0 Å². The minimum Gasteiger partial charge on any atom is -0.315 e. The van der Waals surface area contributed by atoms with E-state index in [1.54, 1.807) is 13.1 Å². The fraction of sp³-hybridized carbons (Fsp3) is 0.167. The maximum Gasteiger partial charge on any atom is 0.271 e. The third-order valence-electron chi connectivity index (χ3n) is 2.43. The smallest absolute Gasteiger partial charge is 0.271 e. The third-order valence-corrected chi connectivity index (χ3v) is 6.06. The summed E-state index contributed by atoms with van der Waals surface area (Å²) in [7, 11) is -1.92. The van der Waals surface area contributed by atoms with E-state index in [-0.39, 0.29) is 9.90 Å². The van der Waals surface area contributed by atoms with Crippen LogP contribution in [0.3, 0.4) is 0 Å². The van der Waals surface area contributed by atoms with E-state index in [1.807, 2.05) is 0 Å². The molecule has 2 aromatic rings. The van der Waals surface area contributed by atoms with Crippen molar-refractivity contribution >= 4 is 43.0 Å². The van der Waals surface area contributed by atoms with Crippen molar-refractivity contribution in [2.24, 2.45) is 0 Å². The lowest BCUT2D eigenvalue weighted by Gasteiger charge is -2.08. The Morgan fingerprint density at radius 1 is 1.30 bits per heavy atom. The first-order valence-corrected chi connectivity index (χ1v) is 8.73. The summed E-state index contributed by atoms with van der Waals surface area (Å²) in [6.07, 6.45) is 0. The molecule has 0 bridgehead atoms. The number of rotatable bonds is 5. The molecular formula is C12H12BrFN2O2S2. The highest BCUT2D eigenvalue weighted by Gasteiger charge is 2.18. The summed E-state index contributed by atoms with van der Waals surface area (Å²) in [5.74, 6) is -0.507. The summed E-state index contributed by atoms with van der Waals surface area (Å²) in [4.78, 5) is 0.909. The first kappa shape index (κ1) is 15.4. The molecule has 1 heterocycles. The van der Waals surface area contributed by atoms with Crippen LogP contribution in [0.25, 0.3) is 0 Å². The topological polar surface area (TPSA) is 58.2 Å². The molecule has 0 amide bonds. The summed E-state index contributed by atoms with van der Waals surface area (Å²) in [5.41, 5.74) is 0.175. The van der Waals surface area contributed by atoms with Crippen LogP contribution in [-0.4, -0.2) is 15.5 Å². The molecule has 0 aliphatic rings. The number of hydrogen-bond acceptors (Lipinski definition) is 4. The van der Waals surface area contributed by atoms with Crippen molar-refractivity contribution in [1.82, 2.24) is 5.32 Å². The highest BCUT2D eigenvalue weighted by Crippen LogP contribution is 2.28. The average Bonchev–Trinajstić information content (AvgIpc) is 2.83. The van der Waals surface area contributed by atoms with Crippen LogP contribution in [0.2, 0.25) is 0 Å². The van der Waals surface area contributed by atoms with Gasteiger partial charge in [-0.15, -0.1) is 11.3 Å². The zero-order valence-corrected chi connectivity index (χ0v) is 13.7. The Hall–Kier alpha value is -0.960. The highest BCUT2D eigenvalue weighted by molar-refractivity contribution is 9.10. The molecule has 0 fully saturated rings. The zero-order chi connectivity index (χ0) is 14.8. The Bertz CT molecular complexity index is 716. The number of benzene rings is 1. The van der Waals surface area contributed by atoms with Crippen molar-refractivity contribution in [2.45, 2.75) is 10.8 Å². The molecule has 0 atom stereocenters. The van der Waals surface area contributed by atoms with Gasteiger partial charge in [0.25, 0.3) is 10.0 Å². The van der Waals surface area contributed by atoms with Crippen LogP contribution in [0.4, 0.5) is 10.1 Å². The van der Waals surface area contributed by atoms with E-state index < -0.39 is 15.8 Å². The van der Waals surface area contributed by atoms with Crippen LogP contribution in [0, 0.1) is 5.82 Å². The quantitative estimate of drug-likeness (QED) is 0.839. The van der Waals surface area contributed by atoms with Gasteiger partial charge in [0, 0.05) is 15.9 Å². The minimum absolute atomic E-state index is 0.175. The summed E-state index contributed by atoms with van der Waals surface area (Å²) in [6, 6.07) is 7.11. The Labute approximate surface area is 129 Å². The molecule has 0 radical (unpaired) electrons. The third kappa shape index (κ3) is 3.57. The minimum atomic E-state index is -3.71. The van der Waals surface area contributed by atoms with Gasteiger partial charge >= 0.3 is 0 Å². The predicted octanol–water partition coefficient (Wildman–Crippen LogP) is 3.17. The van der Waals surface area contributed by atoms with Crippen LogP contribution in [0.1, 0.15) is 4.88 Å². The standard InChI is InChI=1S/C12H12BrFN2O2S2/c1-15-7-9-3-5-12(19-9)20(17,18)16-11-6-8(14)2-4-10(11)13/h2-6,15-16H,7H2,1H3. The van der Waals surface area contributed by atoms with Crippen molar-refractivity contribution in [3.05, 3.63) is 45.5 Å². The van der Waals surface area contributed by atoms with Gasteiger partial charge in [0.1, 0.15) is 10.0 Å². The molecule has 20 heavy (non-hydrogen) atoms. The Morgan fingerprint density at radius 2 is 2.05 bits per heavy atom. The van der Waals surface area contributed by atoms with Crippen molar-refractivity contribution in [2.75, 3.05) is 11.8 Å². The van der Waals surface area contributed by atoms with Gasteiger partial charge in [-0.05, 0) is 53.3 Å². The molecule has 0 unspecified atom stereocenters. The molecule has 1 aromatic heterocycles. The van der Waals surface area contributed by atoms with Crippen LogP contribution in [-0.2, 0) is 16.6 Å². The van der Waals surface area contributed by atoms with Gasteiger partial charge in [-0.1, -0.05) is 0 Å². The fourth-order valence-corrected chi connectivity index (χ4v) is 4.46. The first-order valence-electron chi connectivity index (χ1n) is 5.63. The van der Waals surface area contributed by atoms with Gasteiger partial charge in [-0.25, -0.2) is 12.8 Å². The summed E-state index contributed by atoms with van der Waals surface area (Å²) >= 11 is 4.36. The molecule has 108 valence electrons. The molecule has 0 spiro atoms. The van der Waals surface area contributed by atoms with Gasteiger partial charge in [0.05, 0.1) is 5.69 Å². The van der Waals surface area contributed by atoms with Crippen LogP contribution < -0.4 is 10.0 Å². The van der Waals surface area contributed by atoms with Gasteiger partial charge in [0.15, 0.2) is 0 Å². The molecule has 0 saturated heterocycles. The molecule has 2 N–H and O–H groups in total. The number of sulfonamides is 1. The first-order chi connectivity index (χ1) is 9.42. The van der Waals surface area contributed by atoms with E-state index in [0.717, 1.165) is 10.9 Å². The Kier molecular flexibility index (Phi) is 4.79. The van der Waals surface area contributed by atoms with E-state index in [4.69, 9.17) is 0 Å². The summed E-state index contributed by atoms with van der Waals surface area (Å²) < 4.78 is 40.7. The number of nitrogens with one attached hydrogen (secondary N) is 2. The van der Waals surface area contributed by atoms with Crippen LogP contribution >= 0.6 is 27.3 Å². The molecule has 0 saturated carbocycles. The van der Waals surface area contributed by atoms with Crippen molar-refractivity contribution in [3.8, 4) is 0 Å². The van der Waals surface area contributed by atoms with Gasteiger partial charge in [-0.3, -0.25) is 4.72 Å². The number of thiophene rings is 1.